The van der Waals surface area contributed by atoms with Gasteiger partial charge in [-0.05, 0) is 53.7 Å². The van der Waals surface area contributed by atoms with Crippen molar-refractivity contribution in [3.05, 3.63) is 28.5 Å². The van der Waals surface area contributed by atoms with Gasteiger partial charge in [0.25, 0.3) is 5.91 Å². The third-order valence-corrected chi connectivity index (χ3v) is 4.73. The van der Waals surface area contributed by atoms with E-state index >= 15 is 0 Å². The molecule has 0 radical (unpaired) electrons. The van der Waals surface area contributed by atoms with Gasteiger partial charge in [0.1, 0.15) is 5.69 Å². The number of hydrogen-bond acceptors (Lipinski definition) is 3. The molecule has 0 bridgehead atoms. The number of rotatable bonds is 4. The Labute approximate surface area is 128 Å². The molecule has 1 amide bonds. The Morgan fingerprint density at radius 1 is 1.55 bits per heavy atom. The molecule has 1 unspecified atom stereocenters. The lowest BCUT2D eigenvalue weighted by Crippen LogP contribution is -2.48. The molecule has 110 valence electrons. The number of carbonyl (C=O) groups excluding carboxylic acids is 1. The van der Waals surface area contributed by atoms with Gasteiger partial charge in [0.15, 0.2) is 0 Å². The van der Waals surface area contributed by atoms with Gasteiger partial charge in [-0.15, -0.1) is 0 Å². The lowest BCUT2D eigenvalue weighted by atomic mass is 9.86. The normalized spacial score (nSPS) is 21.4. The zero-order valence-electron chi connectivity index (χ0n) is 12.0. The molecule has 0 saturated carbocycles. The molecular weight excluding hydrogens is 320 g/mol. The van der Waals surface area contributed by atoms with E-state index in [1.54, 1.807) is 12.3 Å². The number of nitrogens with zero attached hydrogens (tertiary/aromatic N) is 1. The molecule has 4 nitrogen and oxygen atoms in total. The lowest BCUT2D eigenvalue weighted by molar-refractivity contribution is -0.0918. The van der Waals surface area contributed by atoms with Crippen LogP contribution in [0.15, 0.2) is 22.8 Å². The van der Waals surface area contributed by atoms with Gasteiger partial charge in [-0.3, -0.25) is 4.79 Å². The van der Waals surface area contributed by atoms with E-state index in [4.69, 9.17) is 4.74 Å². The van der Waals surface area contributed by atoms with Gasteiger partial charge < -0.3 is 10.1 Å². The van der Waals surface area contributed by atoms with E-state index < -0.39 is 0 Å². The van der Waals surface area contributed by atoms with Gasteiger partial charge in [-0.1, -0.05) is 13.8 Å². The van der Waals surface area contributed by atoms with Crippen LogP contribution in [0.2, 0.25) is 0 Å². The van der Waals surface area contributed by atoms with Crippen LogP contribution in [0.3, 0.4) is 0 Å². The van der Waals surface area contributed by atoms with Crippen LogP contribution < -0.4 is 5.32 Å². The van der Waals surface area contributed by atoms with Crippen molar-refractivity contribution in [1.82, 2.24) is 10.3 Å². The molecule has 20 heavy (non-hydrogen) atoms. The van der Waals surface area contributed by atoms with Gasteiger partial charge in [-0.25, -0.2) is 4.98 Å². The fourth-order valence-electron chi connectivity index (χ4n) is 2.70. The molecule has 2 rings (SSSR count). The molecule has 0 aromatic carbocycles. The van der Waals surface area contributed by atoms with Crippen molar-refractivity contribution in [3.8, 4) is 0 Å². The van der Waals surface area contributed by atoms with Gasteiger partial charge >= 0.3 is 0 Å². The Hall–Kier alpha value is -0.940. The molecule has 1 N–H and O–H groups in total. The number of carbonyl (C=O) groups is 1. The summed E-state index contributed by atoms with van der Waals surface area (Å²) in [6.45, 7) is 4.99. The van der Waals surface area contributed by atoms with Crippen molar-refractivity contribution in [2.24, 2.45) is 0 Å². The van der Waals surface area contributed by atoms with Gasteiger partial charge in [-0.2, -0.15) is 0 Å². The molecule has 1 fully saturated rings. The number of aromatic nitrogens is 1. The summed E-state index contributed by atoms with van der Waals surface area (Å²) >= 11 is 3.36. The number of halogens is 1. The second kappa shape index (κ2) is 6.68. The third kappa shape index (κ3) is 3.38. The van der Waals surface area contributed by atoms with Crippen molar-refractivity contribution < 1.29 is 9.53 Å². The Morgan fingerprint density at radius 3 is 2.95 bits per heavy atom. The first-order valence-corrected chi connectivity index (χ1v) is 7.95. The number of amides is 1. The van der Waals surface area contributed by atoms with Crippen molar-refractivity contribution in [2.45, 2.75) is 51.2 Å². The topological polar surface area (TPSA) is 51.2 Å². The summed E-state index contributed by atoms with van der Waals surface area (Å²) in [6.07, 6.45) is 5.31. The molecule has 0 spiro atoms. The summed E-state index contributed by atoms with van der Waals surface area (Å²) in [6, 6.07) is 3.79. The maximum absolute atomic E-state index is 12.3. The Balaban J connectivity index is 2.03. The van der Waals surface area contributed by atoms with E-state index in [9.17, 15) is 4.79 Å². The fourth-order valence-corrected chi connectivity index (χ4v) is 3.14. The molecule has 1 atom stereocenters. The second-order valence-corrected chi connectivity index (χ2v) is 6.09. The largest absolute Gasteiger partial charge is 0.375 e. The molecule has 1 aromatic rings. The lowest BCUT2D eigenvalue weighted by Gasteiger charge is -2.40. The van der Waals surface area contributed by atoms with E-state index in [0.717, 1.165) is 30.2 Å². The van der Waals surface area contributed by atoms with E-state index in [-0.39, 0.29) is 17.6 Å². The average molecular weight is 341 g/mol. The number of nitrogens with one attached hydrogen (secondary N) is 1. The number of pyridine rings is 1. The predicted molar refractivity (Wildman–Crippen MR) is 81.7 cm³/mol. The molecule has 0 aliphatic carbocycles. The van der Waals surface area contributed by atoms with Crippen molar-refractivity contribution >= 4 is 21.8 Å². The summed E-state index contributed by atoms with van der Waals surface area (Å²) in [7, 11) is 0. The van der Waals surface area contributed by atoms with Crippen LogP contribution in [-0.4, -0.2) is 29.1 Å². The first-order chi connectivity index (χ1) is 9.60. The first kappa shape index (κ1) is 15.4. The molecular formula is C15H21BrN2O2. The minimum atomic E-state index is -0.120. The number of hydrogen-bond donors (Lipinski definition) is 1. The van der Waals surface area contributed by atoms with E-state index in [0.29, 0.717) is 12.3 Å². The molecule has 2 heterocycles. The van der Waals surface area contributed by atoms with Crippen LogP contribution in [0, 0.1) is 0 Å². The molecule has 5 heteroatoms. The van der Waals surface area contributed by atoms with Crippen LogP contribution in [-0.2, 0) is 4.74 Å². The van der Waals surface area contributed by atoms with Crippen LogP contribution in [0.4, 0.5) is 0 Å². The van der Waals surface area contributed by atoms with Crippen molar-refractivity contribution in [3.63, 3.8) is 0 Å². The zero-order chi connectivity index (χ0) is 14.6. The quantitative estimate of drug-likeness (QED) is 0.914. The molecule has 1 aliphatic rings. The van der Waals surface area contributed by atoms with E-state index in [1.807, 2.05) is 6.07 Å². The first-order valence-electron chi connectivity index (χ1n) is 7.15. The standard InChI is InChI=1S/C15H21BrN2O2/c1-3-15(4-2)10-11(7-9-20-15)18-14(19)13-12(16)6-5-8-17-13/h5-6,8,11H,3-4,7,9-10H2,1-2H3,(H,18,19). The Kier molecular flexibility index (Phi) is 5.16. The maximum atomic E-state index is 12.3. The minimum absolute atomic E-state index is 0.0858. The smallest absolute Gasteiger partial charge is 0.271 e. The minimum Gasteiger partial charge on any atom is -0.375 e. The Bertz CT molecular complexity index is 475. The van der Waals surface area contributed by atoms with Crippen LogP contribution >= 0.6 is 15.9 Å². The summed E-state index contributed by atoms with van der Waals surface area (Å²) < 4.78 is 6.65. The van der Waals surface area contributed by atoms with Crippen molar-refractivity contribution in [1.29, 1.82) is 0 Å². The van der Waals surface area contributed by atoms with E-state index in [2.05, 4.69) is 40.1 Å². The summed E-state index contributed by atoms with van der Waals surface area (Å²) in [4.78, 5) is 16.4. The van der Waals surface area contributed by atoms with Crippen molar-refractivity contribution in [2.75, 3.05) is 6.61 Å². The maximum Gasteiger partial charge on any atom is 0.271 e. The summed E-state index contributed by atoms with van der Waals surface area (Å²) in [5, 5.41) is 3.09. The highest BCUT2D eigenvalue weighted by molar-refractivity contribution is 9.10. The number of ether oxygens (including phenoxy) is 1. The fraction of sp³-hybridized carbons (Fsp3) is 0.600. The van der Waals surface area contributed by atoms with Crippen LogP contribution in [0.25, 0.3) is 0 Å². The molecule has 1 aromatic heterocycles. The second-order valence-electron chi connectivity index (χ2n) is 5.24. The van der Waals surface area contributed by atoms with Gasteiger partial charge in [0.2, 0.25) is 0 Å². The summed E-state index contributed by atoms with van der Waals surface area (Å²) in [5.41, 5.74) is 0.356. The van der Waals surface area contributed by atoms with Gasteiger partial charge in [0, 0.05) is 23.3 Å². The Morgan fingerprint density at radius 2 is 2.30 bits per heavy atom. The average Bonchev–Trinajstić information content (AvgIpc) is 2.47. The van der Waals surface area contributed by atoms with Gasteiger partial charge in [0.05, 0.1) is 5.60 Å². The van der Waals surface area contributed by atoms with E-state index in [1.165, 1.54) is 0 Å². The SMILES string of the molecule is CCC1(CC)CC(NC(=O)c2ncccc2Br)CCO1. The highest BCUT2D eigenvalue weighted by atomic mass is 79.9. The predicted octanol–water partition coefficient (Wildman–Crippen LogP) is 3.31. The highest BCUT2D eigenvalue weighted by Crippen LogP contribution is 2.31. The highest BCUT2D eigenvalue weighted by Gasteiger charge is 2.35. The molecule has 1 aliphatic heterocycles. The molecule has 1 saturated heterocycles. The monoisotopic (exact) mass is 340 g/mol. The van der Waals surface area contributed by atoms with Crippen LogP contribution in [0.1, 0.15) is 50.0 Å². The van der Waals surface area contributed by atoms with Crippen LogP contribution in [0.5, 0.6) is 0 Å². The summed E-state index contributed by atoms with van der Waals surface area (Å²) in [5.74, 6) is -0.120. The zero-order valence-corrected chi connectivity index (χ0v) is 13.6. The third-order valence-electron chi connectivity index (χ3n) is 4.09.